The van der Waals surface area contributed by atoms with Gasteiger partial charge < -0.3 is 13.7 Å². The molecule has 294 valence electrons. The van der Waals surface area contributed by atoms with Gasteiger partial charge in [0.2, 0.25) is 0 Å². The molecule has 3 heterocycles. The van der Waals surface area contributed by atoms with Crippen LogP contribution in [0.1, 0.15) is 0 Å². The predicted octanol–water partition coefficient (Wildman–Crippen LogP) is 16.0. The van der Waals surface area contributed by atoms with Crippen molar-refractivity contribution in [1.29, 1.82) is 0 Å². The Bertz CT molecular complexity index is 3830. The van der Waals surface area contributed by atoms with Gasteiger partial charge in [-0.25, -0.2) is 0 Å². The van der Waals surface area contributed by atoms with Crippen LogP contribution in [0.25, 0.3) is 116 Å². The summed E-state index contributed by atoms with van der Waals surface area (Å²) in [7, 11) is 0. The van der Waals surface area contributed by atoms with Crippen LogP contribution >= 0.6 is 0 Å². The molecule has 13 rings (SSSR count). The maximum atomic E-state index is 2.45. The molecule has 0 unspecified atom stereocenters. The van der Waals surface area contributed by atoms with Crippen LogP contribution in [-0.4, -0.2) is 13.7 Å². The van der Waals surface area contributed by atoms with Crippen LogP contribution in [0.15, 0.2) is 237 Å². The molecular formula is C60H39N3. The first kappa shape index (κ1) is 35.4. The summed E-state index contributed by atoms with van der Waals surface area (Å²) in [6, 6.07) is 86.5. The van der Waals surface area contributed by atoms with Gasteiger partial charge in [-0.2, -0.15) is 0 Å². The quantitative estimate of drug-likeness (QED) is 0.159. The first-order valence-corrected chi connectivity index (χ1v) is 21.7. The van der Waals surface area contributed by atoms with Crippen molar-refractivity contribution in [1.82, 2.24) is 13.7 Å². The van der Waals surface area contributed by atoms with E-state index >= 15 is 0 Å². The highest BCUT2D eigenvalue weighted by atomic mass is 15.0. The van der Waals surface area contributed by atoms with Crippen molar-refractivity contribution in [2.75, 3.05) is 0 Å². The van der Waals surface area contributed by atoms with E-state index < -0.39 is 0 Å². The summed E-state index contributed by atoms with van der Waals surface area (Å²) in [5.41, 5.74) is 17.7. The third kappa shape index (κ3) is 5.60. The molecule has 0 radical (unpaired) electrons. The Balaban J connectivity index is 0.999. The highest BCUT2D eigenvalue weighted by Crippen LogP contribution is 2.41. The van der Waals surface area contributed by atoms with Crippen molar-refractivity contribution >= 4 is 65.4 Å². The SMILES string of the molecule is c1ccc(-c2cc(-c3ccccc3)cc(-n3c4ccccc4c4cc(-c5ccc6c7ccccc7n(-c7ccc8c9ccccc9n(-c9ccccc9)c8c7)c6c5)ccc43)c2)cc1. The van der Waals surface area contributed by atoms with Crippen LogP contribution in [-0.2, 0) is 0 Å². The molecule has 3 heteroatoms. The van der Waals surface area contributed by atoms with Crippen molar-refractivity contribution in [2.45, 2.75) is 0 Å². The Hall–Kier alpha value is -8.40. The summed E-state index contributed by atoms with van der Waals surface area (Å²) >= 11 is 0. The van der Waals surface area contributed by atoms with Crippen molar-refractivity contribution < 1.29 is 0 Å². The Morgan fingerprint density at radius 1 is 0.175 bits per heavy atom. The Morgan fingerprint density at radius 3 is 1.19 bits per heavy atom. The van der Waals surface area contributed by atoms with Crippen molar-refractivity contribution in [3.05, 3.63) is 237 Å². The Kier molecular flexibility index (Phi) is 7.91. The number of aromatic nitrogens is 3. The number of hydrogen-bond donors (Lipinski definition) is 0. The molecule has 0 amide bonds. The van der Waals surface area contributed by atoms with Gasteiger partial charge in [0.25, 0.3) is 0 Å². The normalized spacial score (nSPS) is 11.8. The first-order chi connectivity index (χ1) is 31.2. The fraction of sp³-hybridized carbons (Fsp3) is 0. The topological polar surface area (TPSA) is 14.8 Å². The third-order valence-electron chi connectivity index (χ3n) is 13.0. The van der Waals surface area contributed by atoms with Crippen molar-refractivity contribution in [2.24, 2.45) is 0 Å². The van der Waals surface area contributed by atoms with E-state index in [1.165, 1.54) is 98.8 Å². The average molecular weight is 802 g/mol. The average Bonchev–Trinajstić information content (AvgIpc) is 3.99. The fourth-order valence-corrected chi connectivity index (χ4v) is 10.1. The molecular weight excluding hydrogens is 763 g/mol. The van der Waals surface area contributed by atoms with Gasteiger partial charge in [-0.05, 0) is 112 Å². The summed E-state index contributed by atoms with van der Waals surface area (Å²) in [5, 5.41) is 7.45. The standard InChI is InChI=1S/C60H39N3/c1-4-16-40(17-5-1)44-34-45(41-18-6-2-7-19-41)36-48(35-44)63-57-27-15-12-24-51(57)54-37-42(29-33-58(54)63)43-28-31-52-49-22-11-14-26-56(49)62(59(52)38-43)47-30-32-53-50-23-10-13-25-55(50)61(60(53)39-47)46-20-8-3-9-21-46/h1-39H. The van der Waals surface area contributed by atoms with Gasteiger partial charge >= 0.3 is 0 Å². The molecule has 0 atom stereocenters. The highest BCUT2D eigenvalue weighted by Gasteiger charge is 2.19. The van der Waals surface area contributed by atoms with Gasteiger partial charge in [0.15, 0.2) is 0 Å². The minimum absolute atomic E-state index is 1.14. The van der Waals surface area contributed by atoms with E-state index in [4.69, 9.17) is 0 Å². The van der Waals surface area contributed by atoms with Crippen molar-refractivity contribution in [3.8, 4) is 50.4 Å². The molecule has 0 aliphatic rings. The summed E-state index contributed by atoms with van der Waals surface area (Å²) in [5.74, 6) is 0. The van der Waals surface area contributed by atoms with E-state index in [0.717, 1.165) is 17.1 Å². The maximum absolute atomic E-state index is 2.45. The third-order valence-corrected chi connectivity index (χ3v) is 13.0. The van der Waals surface area contributed by atoms with E-state index in [2.05, 4.69) is 250 Å². The van der Waals surface area contributed by atoms with Crippen LogP contribution in [0.2, 0.25) is 0 Å². The number of nitrogens with zero attached hydrogens (tertiary/aromatic N) is 3. The number of para-hydroxylation sites is 4. The summed E-state index contributed by atoms with van der Waals surface area (Å²) in [6.45, 7) is 0. The Morgan fingerprint density at radius 2 is 0.587 bits per heavy atom. The van der Waals surface area contributed by atoms with Crippen LogP contribution in [0.5, 0.6) is 0 Å². The van der Waals surface area contributed by atoms with E-state index in [0.29, 0.717) is 0 Å². The maximum Gasteiger partial charge on any atom is 0.0561 e. The highest BCUT2D eigenvalue weighted by molar-refractivity contribution is 6.14. The predicted molar refractivity (Wildman–Crippen MR) is 266 cm³/mol. The summed E-state index contributed by atoms with van der Waals surface area (Å²) in [4.78, 5) is 0. The lowest BCUT2D eigenvalue weighted by Crippen LogP contribution is -1.97. The second kappa shape index (κ2) is 14.1. The molecule has 10 aromatic carbocycles. The van der Waals surface area contributed by atoms with E-state index in [-0.39, 0.29) is 0 Å². The molecule has 0 saturated carbocycles. The lowest BCUT2D eigenvalue weighted by molar-refractivity contribution is 1.15. The second-order valence-electron chi connectivity index (χ2n) is 16.6. The second-order valence-corrected chi connectivity index (χ2v) is 16.6. The van der Waals surface area contributed by atoms with Gasteiger partial charge in [0, 0.05) is 49.4 Å². The largest absolute Gasteiger partial charge is 0.309 e. The fourth-order valence-electron chi connectivity index (χ4n) is 10.1. The lowest BCUT2D eigenvalue weighted by atomic mass is 9.98. The molecule has 0 spiro atoms. The monoisotopic (exact) mass is 801 g/mol. The molecule has 0 aliphatic heterocycles. The van der Waals surface area contributed by atoms with Crippen LogP contribution < -0.4 is 0 Å². The van der Waals surface area contributed by atoms with Gasteiger partial charge in [0.1, 0.15) is 0 Å². The molecule has 3 aromatic heterocycles. The lowest BCUT2D eigenvalue weighted by Gasteiger charge is -2.14. The van der Waals surface area contributed by atoms with Crippen LogP contribution in [0.4, 0.5) is 0 Å². The molecule has 0 fully saturated rings. The van der Waals surface area contributed by atoms with Gasteiger partial charge in [-0.1, -0.05) is 158 Å². The minimum Gasteiger partial charge on any atom is -0.309 e. The van der Waals surface area contributed by atoms with E-state index in [1.807, 2.05) is 0 Å². The molecule has 0 bridgehead atoms. The van der Waals surface area contributed by atoms with Gasteiger partial charge in [0.05, 0.1) is 33.1 Å². The molecule has 63 heavy (non-hydrogen) atoms. The number of benzene rings is 10. The zero-order valence-corrected chi connectivity index (χ0v) is 34.4. The number of hydrogen-bond acceptors (Lipinski definition) is 0. The van der Waals surface area contributed by atoms with Crippen LogP contribution in [0.3, 0.4) is 0 Å². The molecule has 0 aliphatic carbocycles. The first-order valence-electron chi connectivity index (χ1n) is 21.7. The molecule has 3 nitrogen and oxygen atoms in total. The minimum atomic E-state index is 1.14. The zero-order chi connectivity index (χ0) is 41.4. The van der Waals surface area contributed by atoms with Crippen molar-refractivity contribution in [3.63, 3.8) is 0 Å². The molecule has 13 aromatic rings. The van der Waals surface area contributed by atoms with Crippen LogP contribution in [0, 0.1) is 0 Å². The molecule has 0 N–H and O–H groups in total. The van der Waals surface area contributed by atoms with Gasteiger partial charge in [-0.15, -0.1) is 0 Å². The smallest absolute Gasteiger partial charge is 0.0561 e. The summed E-state index contributed by atoms with van der Waals surface area (Å²) in [6.07, 6.45) is 0. The van der Waals surface area contributed by atoms with E-state index in [9.17, 15) is 0 Å². The summed E-state index contributed by atoms with van der Waals surface area (Å²) < 4.78 is 7.30. The molecule has 0 saturated heterocycles. The number of rotatable bonds is 6. The zero-order valence-electron chi connectivity index (χ0n) is 34.4. The Labute approximate surface area is 364 Å². The van der Waals surface area contributed by atoms with Gasteiger partial charge in [-0.3, -0.25) is 0 Å². The van der Waals surface area contributed by atoms with E-state index in [1.54, 1.807) is 0 Å². The number of fused-ring (bicyclic) bond motifs is 9.